The van der Waals surface area contributed by atoms with E-state index in [-0.39, 0.29) is 0 Å². The molecule has 5 heteroatoms. The zero-order chi connectivity index (χ0) is 20.4. The molecule has 0 amide bonds. The van der Waals surface area contributed by atoms with Crippen LogP contribution in [0, 0.1) is 35.5 Å². The van der Waals surface area contributed by atoms with Crippen LogP contribution in [-0.2, 0) is 23.7 Å². The summed E-state index contributed by atoms with van der Waals surface area (Å²) in [6.07, 6.45) is 6.04. The van der Waals surface area contributed by atoms with Gasteiger partial charge in [0.1, 0.15) is 0 Å². The number of hydrogen-bond acceptors (Lipinski definition) is 5. The minimum absolute atomic E-state index is 0.409. The SMILES string of the molecule is CCC1OCC1C(COCC(C1COC1CC)C1COC1CC)C1COC1CC. The van der Waals surface area contributed by atoms with Gasteiger partial charge in [-0.3, -0.25) is 0 Å². The van der Waals surface area contributed by atoms with Crippen molar-refractivity contribution in [3.63, 3.8) is 0 Å². The van der Waals surface area contributed by atoms with Crippen LogP contribution in [0.3, 0.4) is 0 Å². The van der Waals surface area contributed by atoms with Crippen molar-refractivity contribution in [2.45, 2.75) is 77.8 Å². The van der Waals surface area contributed by atoms with E-state index in [0.717, 1.165) is 65.3 Å². The third kappa shape index (κ3) is 4.27. The van der Waals surface area contributed by atoms with Crippen LogP contribution < -0.4 is 0 Å². The lowest BCUT2D eigenvalue weighted by molar-refractivity contribution is -0.226. The highest BCUT2D eigenvalue weighted by Gasteiger charge is 2.49. The fourth-order valence-electron chi connectivity index (χ4n) is 6.12. The standard InChI is InChI=1S/C24H42O5/c1-5-21-17(11-26-21)15(18-12-27-22(18)6-2)9-25-10-16(19-13-28-23(19)7-3)20-14-29-24(20)8-4/h15-24H,5-14H2,1-4H3. The molecule has 8 atom stereocenters. The molecule has 0 spiro atoms. The van der Waals surface area contributed by atoms with Gasteiger partial charge in [0.05, 0.1) is 64.1 Å². The predicted octanol–water partition coefficient (Wildman–Crippen LogP) is 3.94. The molecule has 4 saturated heterocycles. The molecule has 4 fully saturated rings. The number of hydrogen-bond donors (Lipinski definition) is 0. The van der Waals surface area contributed by atoms with E-state index < -0.39 is 0 Å². The van der Waals surface area contributed by atoms with Gasteiger partial charge < -0.3 is 23.7 Å². The molecule has 4 aliphatic heterocycles. The summed E-state index contributed by atoms with van der Waals surface area (Å²) in [6.45, 7) is 14.2. The number of rotatable bonds is 12. The summed E-state index contributed by atoms with van der Waals surface area (Å²) in [5.74, 6) is 3.65. The predicted molar refractivity (Wildman–Crippen MR) is 112 cm³/mol. The van der Waals surface area contributed by atoms with Crippen molar-refractivity contribution >= 4 is 0 Å². The Labute approximate surface area is 177 Å². The maximum absolute atomic E-state index is 6.53. The van der Waals surface area contributed by atoms with Crippen LogP contribution in [0.1, 0.15) is 53.4 Å². The van der Waals surface area contributed by atoms with Crippen molar-refractivity contribution in [2.24, 2.45) is 35.5 Å². The van der Waals surface area contributed by atoms with Crippen molar-refractivity contribution in [3.05, 3.63) is 0 Å². The molecule has 0 bridgehead atoms. The molecule has 168 valence electrons. The molecule has 8 unspecified atom stereocenters. The molecular weight excluding hydrogens is 368 g/mol. The normalized spacial score (nSPS) is 43.4. The fraction of sp³-hybridized carbons (Fsp3) is 1.00. The third-order valence-corrected chi connectivity index (χ3v) is 8.35. The number of ether oxygens (including phenoxy) is 5. The molecule has 0 N–H and O–H groups in total. The van der Waals surface area contributed by atoms with Crippen LogP contribution in [0.25, 0.3) is 0 Å². The van der Waals surface area contributed by atoms with E-state index in [1.165, 1.54) is 0 Å². The maximum atomic E-state index is 6.53. The molecule has 4 aliphatic rings. The highest BCUT2D eigenvalue weighted by molar-refractivity contribution is 4.95. The van der Waals surface area contributed by atoms with E-state index in [1.54, 1.807) is 0 Å². The van der Waals surface area contributed by atoms with Crippen LogP contribution in [0.4, 0.5) is 0 Å². The Morgan fingerprint density at radius 1 is 0.552 bits per heavy atom. The maximum Gasteiger partial charge on any atom is 0.0626 e. The largest absolute Gasteiger partial charge is 0.381 e. The molecule has 0 aromatic carbocycles. The topological polar surface area (TPSA) is 46.2 Å². The molecule has 0 aromatic heterocycles. The molecule has 0 saturated carbocycles. The summed E-state index contributed by atoms with van der Waals surface area (Å²) in [7, 11) is 0. The van der Waals surface area contributed by atoms with Gasteiger partial charge in [-0.1, -0.05) is 27.7 Å². The second-order valence-corrected chi connectivity index (χ2v) is 9.64. The Morgan fingerprint density at radius 3 is 1.00 bits per heavy atom. The van der Waals surface area contributed by atoms with Gasteiger partial charge in [0.15, 0.2) is 0 Å². The minimum atomic E-state index is 0.409. The first-order chi connectivity index (χ1) is 14.2. The van der Waals surface area contributed by atoms with Crippen molar-refractivity contribution in [1.82, 2.24) is 0 Å². The quantitative estimate of drug-likeness (QED) is 0.488. The molecule has 0 radical (unpaired) electrons. The van der Waals surface area contributed by atoms with Gasteiger partial charge in [-0.25, -0.2) is 0 Å². The minimum Gasteiger partial charge on any atom is -0.381 e. The summed E-state index contributed by atoms with van der Waals surface area (Å²) in [4.78, 5) is 0. The molecule has 4 rings (SSSR count). The Kier molecular flexibility index (Phi) is 7.55. The second kappa shape index (κ2) is 9.95. The molecule has 0 aromatic rings. The highest BCUT2D eigenvalue weighted by Crippen LogP contribution is 2.43. The second-order valence-electron chi connectivity index (χ2n) is 9.64. The summed E-state index contributed by atoms with van der Waals surface area (Å²) < 4.78 is 29.9. The van der Waals surface area contributed by atoms with Crippen LogP contribution >= 0.6 is 0 Å². The smallest absolute Gasteiger partial charge is 0.0626 e. The van der Waals surface area contributed by atoms with Crippen LogP contribution in [0.15, 0.2) is 0 Å². The van der Waals surface area contributed by atoms with Crippen LogP contribution in [0.5, 0.6) is 0 Å². The van der Waals surface area contributed by atoms with Gasteiger partial charge in [-0.15, -0.1) is 0 Å². The molecule has 29 heavy (non-hydrogen) atoms. The molecule has 4 heterocycles. The monoisotopic (exact) mass is 410 g/mol. The Morgan fingerprint density at radius 2 is 0.828 bits per heavy atom. The first-order valence-corrected chi connectivity index (χ1v) is 12.3. The van der Waals surface area contributed by atoms with E-state index in [2.05, 4.69) is 27.7 Å². The van der Waals surface area contributed by atoms with E-state index in [1.807, 2.05) is 0 Å². The fourth-order valence-corrected chi connectivity index (χ4v) is 6.12. The summed E-state index contributed by atoms with van der Waals surface area (Å²) in [6, 6.07) is 0. The molecular formula is C24H42O5. The van der Waals surface area contributed by atoms with E-state index in [4.69, 9.17) is 23.7 Å². The van der Waals surface area contributed by atoms with Gasteiger partial charge in [-0.05, 0) is 37.5 Å². The van der Waals surface area contributed by atoms with Crippen LogP contribution in [-0.4, -0.2) is 64.1 Å². The van der Waals surface area contributed by atoms with Crippen molar-refractivity contribution in [2.75, 3.05) is 39.6 Å². The van der Waals surface area contributed by atoms with E-state index >= 15 is 0 Å². The van der Waals surface area contributed by atoms with Crippen molar-refractivity contribution < 1.29 is 23.7 Å². The highest BCUT2D eigenvalue weighted by atomic mass is 16.5. The molecule has 5 nitrogen and oxygen atoms in total. The summed E-state index contributed by atoms with van der Waals surface area (Å²) in [5, 5.41) is 0. The first-order valence-electron chi connectivity index (χ1n) is 12.3. The van der Waals surface area contributed by atoms with Crippen molar-refractivity contribution in [1.29, 1.82) is 0 Å². The van der Waals surface area contributed by atoms with Crippen LogP contribution in [0.2, 0.25) is 0 Å². The average molecular weight is 411 g/mol. The molecule has 0 aliphatic carbocycles. The Bertz CT molecular complexity index is 421. The van der Waals surface area contributed by atoms with Gasteiger partial charge in [-0.2, -0.15) is 0 Å². The van der Waals surface area contributed by atoms with Crippen molar-refractivity contribution in [3.8, 4) is 0 Å². The Hall–Kier alpha value is -0.200. The van der Waals surface area contributed by atoms with Gasteiger partial charge in [0.2, 0.25) is 0 Å². The van der Waals surface area contributed by atoms with E-state index in [0.29, 0.717) is 59.9 Å². The third-order valence-electron chi connectivity index (χ3n) is 8.35. The zero-order valence-electron chi connectivity index (χ0n) is 18.9. The van der Waals surface area contributed by atoms with Gasteiger partial charge in [0.25, 0.3) is 0 Å². The summed E-state index contributed by atoms with van der Waals surface area (Å²) >= 11 is 0. The lowest BCUT2D eigenvalue weighted by atomic mass is 9.71. The summed E-state index contributed by atoms with van der Waals surface area (Å²) in [5.41, 5.74) is 0. The Balaban J connectivity index is 1.36. The lowest BCUT2D eigenvalue weighted by Gasteiger charge is -2.51. The first kappa shape index (κ1) is 22.0. The zero-order valence-corrected chi connectivity index (χ0v) is 18.9. The van der Waals surface area contributed by atoms with E-state index in [9.17, 15) is 0 Å². The van der Waals surface area contributed by atoms with Gasteiger partial charge >= 0.3 is 0 Å². The average Bonchev–Trinajstić information content (AvgIpc) is 2.59. The lowest BCUT2D eigenvalue weighted by Crippen LogP contribution is -2.56. The van der Waals surface area contributed by atoms with Gasteiger partial charge in [0, 0.05) is 23.7 Å².